The topological polar surface area (TPSA) is 105 Å². The molecule has 8 heteroatoms. The van der Waals surface area contributed by atoms with Gasteiger partial charge in [0.15, 0.2) is 0 Å². The van der Waals surface area contributed by atoms with Crippen LogP contribution >= 0.6 is 0 Å². The summed E-state index contributed by atoms with van der Waals surface area (Å²) in [6.07, 6.45) is 76.4. The van der Waals surface area contributed by atoms with Crippen LogP contribution in [0.4, 0.5) is 0 Å². The van der Waals surface area contributed by atoms with E-state index < -0.39 is 5.41 Å². The lowest BCUT2D eigenvalue weighted by Gasteiger charge is -2.31. The Hall–Kier alpha value is -2.12. The van der Waals surface area contributed by atoms with Crippen molar-refractivity contribution in [3.8, 4) is 0 Å². The van der Waals surface area contributed by atoms with Crippen molar-refractivity contribution in [2.45, 2.75) is 446 Å². The van der Waals surface area contributed by atoms with Crippen LogP contribution < -0.4 is 0 Å². The number of unbranched alkanes of at least 4 members (excludes halogenated alkanes) is 56. The standard InChI is InChI=1S/C77H148O8.CH4/c1-5-9-13-17-21-25-29-33-37-41-45-49-53-57-61-65-73(78)82-69-77(70-83-74(79)66-62-58-54-50-46-42-38-34-30-26-22-18-14-10-6-2,71-84-75(80)67-63-59-55-51-47-43-39-35-31-27-23-19-15-11-7-3)72-85-76(81)68-64-60-56-52-48-44-40-36-32-28-24-20-16-12-8-4;/h5-72H2,1-4H3;1H4. The highest BCUT2D eigenvalue weighted by Crippen LogP contribution is 2.25. The monoisotopic (exact) mass is 1220 g/mol. The van der Waals surface area contributed by atoms with Crippen LogP contribution in [0.5, 0.6) is 0 Å². The molecule has 0 aliphatic rings. The molecular weight excluding hydrogens is 1060 g/mol. The molecule has 0 saturated heterocycles. The van der Waals surface area contributed by atoms with E-state index in [2.05, 4.69) is 27.7 Å². The Balaban J connectivity index is 0. The molecule has 0 amide bonds. The SMILES string of the molecule is C.CCCCCCCCCCCCCCCCCC(=O)OCC(COC(=O)CCCCCCCCCCCCCCCCC)(COC(=O)CCCCCCCCCCCCCCCCC)COC(=O)CCCCCCCCCCCCCCCCC. The van der Waals surface area contributed by atoms with E-state index in [1.807, 2.05) is 0 Å². The predicted octanol–water partition coefficient (Wildman–Crippen LogP) is 25.8. The van der Waals surface area contributed by atoms with Crippen molar-refractivity contribution in [3.63, 3.8) is 0 Å². The molecule has 0 unspecified atom stereocenters. The molecule has 0 spiro atoms. The van der Waals surface area contributed by atoms with E-state index in [0.29, 0.717) is 25.7 Å². The first kappa shape index (κ1) is 85.9. The molecule has 512 valence electrons. The van der Waals surface area contributed by atoms with E-state index in [4.69, 9.17) is 18.9 Å². The zero-order valence-corrected chi connectivity index (χ0v) is 57.8. The zero-order chi connectivity index (χ0) is 61.7. The normalized spacial score (nSPS) is 11.5. The van der Waals surface area contributed by atoms with Gasteiger partial charge < -0.3 is 18.9 Å². The molecule has 0 aliphatic heterocycles. The van der Waals surface area contributed by atoms with E-state index in [9.17, 15) is 19.2 Å². The maximum Gasteiger partial charge on any atom is 0.305 e. The number of esters is 4. The highest BCUT2D eigenvalue weighted by atomic mass is 16.6. The third-order valence-electron chi connectivity index (χ3n) is 18.1. The maximum absolute atomic E-state index is 13.4. The van der Waals surface area contributed by atoms with Gasteiger partial charge in [0, 0.05) is 25.7 Å². The zero-order valence-electron chi connectivity index (χ0n) is 57.8. The minimum atomic E-state index is -1.20. The van der Waals surface area contributed by atoms with Gasteiger partial charge in [0.05, 0.1) is 0 Å². The van der Waals surface area contributed by atoms with Gasteiger partial charge in [0.25, 0.3) is 0 Å². The number of carbonyl (C=O) groups excluding carboxylic acids is 4. The van der Waals surface area contributed by atoms with Gasteiger partial charge in [-0.2, -0.15) is 0 Å². The minimum Gasteiger partial charge on any atom is -0.465 e. The van der Waals surface area contributed by atoms with E-state index in [-0.39, 0.29) is 57.7 Å². The highest BCUT2D eigenvalue weighted by molar-refractivity contribution is 5.71. The number of hydrogen-bond donors (Lipinski definition) is 0. The van der Waals surface area contributed by atoms with Crippen LogP contribution in [0.3, 0.4) is 0 Å². The molecule has 0 rings (SSSR count). The molecule has 0 aromatic rings. The quantitative estimate of drug-likeness (QED) is 0.0337. The van der Waals surface area contributed by atoms with Crippen molar-refractivity contribution in [1.82, 2.24) is 0 Å². The van der Waals surface area contributed by atoms with Gasteiger partial charge in [-0.05, 0) is 25.7 Å². The van der Waals surface area contributed by atoms with Crippen LogP contribution in [0.2, 0.25) is 0 Å². The second-order valence-corrected chi connectivity index (χ2v) is 26.9. The summed E-state index contributed by atoms with van der Waals surface area (Å²) in [6, 6.07) is 0. The summed E-state index contributed by atoms with van der Waals surface area (Å²) in [4.78, 5) is 53.6. The highest BCUT2D eigenvalue weighted by Gasteiger charge is 2.38. The molecular formula is C78H152O8. The largest absolute Gasteiger partial charge is 0.465 e. The van der Waals surface area contributed by atoms with Crippen molar-refractivity contribution < 1.29 is 38.1 Å². The smallest absolute Gasteiger partial charge is 0.305 e. The molecule has 0 fully saturated rings. The van der Waals surface area contributed by atoms with Crippen molar-refractivity contribution in [2.24, 2.45) is 5.41 Å². The molecule has 0 atom stereocenters. The molecule has 86 heavy (non-hydrogen) atoms. The summed E-state index contributed by atoms with van der Waals surface area (Å²) < 4.78 is 23.9. The maximum atomic E-state index is 13.4. The summed E-state index contributed by atoms with van der Waals surface area (Å²) in [5.41, 5.74) is -1.20. The van der Waals surface area contributed by atoms with Gasteiger partial charge in [0.2, 0.25) is 0 Å². The Bertz CT molecular complexity index is 1180. The lowest BCUT2D eigenvalue weighted by atomic mass is 9.92. The Labute approximate surface area is 537 Å². The van der Waals surface area contributed by atoms with Gasteiger partial charge in [-0.3, -0.25) is 19.2 Å². The van der Waals surface area contributed by atoms with Crippen LogP contribution in [-0.4, -0.2) is 50.3 Å². The summed E-state index contributed by atoms with van der Waals surface area (Å²) >= 11 is 0. The molecule has 0 aromatic carbocycles. The summed E-state index contributed by atoms with van der Waals surface area (Å²) in [7, 11) is 0. The van der Waals surface area contributed by atoms with Gasteiger partial charge in [0.1, 0.15) is 31.8 Å². The van der Waals surface area contributed by atoms with Gasteiger partial charge in [-0.25, -0.2) is 0 Å². The van der Waals surface area contributed by atoms with E-state index in [1.165, 1.54) is 308 Å². The van der Waals surface area contributed by atoms with Crippen molar-refractivity contribution >= 4 is 23.9 Å². The lowest BCUT2D eigenvalue weighted by Crippen LogP contribution is -2.44. The number of rotatable bonds is 72. The van der Waals surface area contributed by atoms with Crippen molar-refractivity contribution in [3.05, 3.63) is 0 Å². The first-order valence-corrected chi connectivity index (χ1v) is 38.4. The van der Waals surface area contributed by atoms with Gasteiger partial charge in [-0.1, -0.05) is 395 Å². The Morgan fingerprint density at radius 2 is 0.291 bits per heavy atom. The van der Waals surface area contributed by atoms with Gasteiger partial charge >= 0.3 is 23.9 Å². The van der Waals surface area contributed by atoms with Crippen LogP contribution in [0, 0.1) is 5.41 Å². The molecule has 0 bridgehead atoms. The van der Waals surface area contributed by atoms with E-state index in [1.54, 1.807) is 0 Å². The molecule has 0 heterocycles. The van der Waals surface area contributed by atoms with Crippen LogP contribution in [0.15, 0.2) is 0 Å². The van der Waals surface area contributed by atoms with E-state index in [0.717, 1.165) is 77.0 Å². The predicted molar refractivity (Wildman–Crippen MR) is 371 cm³/mol. The fraction of sp³-hybridized carbons (Fsp3) is 0.949. The molecule has 0 N–H and O–H groups in total. The second-order valence-electron chi connectivity index (χ2n) is 26.9. The lowest BCUT2D eigenvalue weighted by molar-refractivity contribution is -0.170. The number of carbonyl (C=O) groups is 4. The second kappa shape index (κ2) is 71.9. The molecule has 0 aromatic heterocycles. The third kappa shape index (κ3) is 66.3. The first-order valence-electron chi connectivity index (χ1n) is 38.4. The average molecular weight is 1220 g/mol. The van der Waals surface area contributed by atoms with Crippen LogP contribution in [0.25, 0.3) is 0 Å². The summed E-state index contributed by atoms with van der Waals surface area (Å²) in [5, 5.41) is 0. The Morgan fingerprint density at radius 3 is 0.407 bits per heavy atom. The fourth-order valence-corrected chi connectivity index (χ4v) is 12.0. The summed E-state index contributed by atoms with van der Waals surface area (Å²) in [5.74, 6) is -1.29. The van der Waals surface area contributed by atoms with Crippen molar-refractivity contribution in [2.75, 3.05) is 26.4 Å². The third-order valence-corrected chi connectivity index (χ3v) is 18.1. The van der Waals surface area contributed by atoms with Crippen molar-refractivity contribution in [1.29, 1.82) is 0 Å². The Kier molecular flexibility index (Phi) is 71.9. The molecule has 8 nitrogen and oxygen atoms in total. The average Bonchev–Trinajstić information content (AvgIpc) is 3.71. The van der Waals surface area contributed by atoms with Crippen LogP contribution in [0.1, 0.15) is 446 Å². The number of hydrogen-bond acceptors (Lipinski definition) is 8. The minimum absolute atomic E-state index is 0. The summed E-state index contributed by atoms with van der Waals surface area (Å²) in [6.45, 7) is 8.48. The molecule has 0 radical (unpaired) electrons. The Morgan fingerprint density at radius 1 is 0.186 bits per heavy atom. The fourth-order valence-electron chi connectivity index (χ4n) is 12.0. The molecule has 0 aliphatic carbocycles. The molecule has 0 saturated carbocycles. The first-order chi connectivity index (χ1) is 41.8. The van der Waals surface area contributed by atoms with Crippen LogP contribution in [-0.2, 0) is 38.1 Å². The number of ether oxygens (including phenoxy) is 4. The van der Waals surface area contributed by atoms with E-state index >= 15 is 0 Å². The van der Waals surface area contributed by atoms with Gasteiger partial charge in [-0.15, -0.1) is 0 Å².